The summed E-state index contributed by atoms with van der Waals surface area (Å²) in [5.74, 6) is -0.197. The van der Waals surface area contributed by atoms with Crippen molar-refractivity contribution in [2.24, 2.45) is 11.7 Å². The highest BCUT2D eigenvalue weighted by Gasteiger charge is 2.27. The second-order valence-corrected chi connectivity index (χ2v) is 3.48. The van der Waals surface area contributed by atoms with Gasteiger partial charge < -0.3 is 10.6 Å². The molecule has 0 amide bonds. The van der Waals surface area contributed by atoms with Crippen LogP contribution >= 0.6 is 0 Å². The van der Waals surface area contributed by atoms with Crippen LogP contribution in [0.3, 0.4) is 0 Å². The van der Waals surface area contributed by atoms with E-state index in [4.69, 9.17) is 11.1 Å². The largest absolute Gasteiger partial charge is 0.390 e. The van der Waals surface area contributed by atoms with Crippen molar-refractivity contribution in [2.45, 2.75) is 19.5 Å². The number of amidine groups is 1. The van der Waals surface area contributed by atoms with Gasteiger partial charge in [0, 0.05) is 19.0 Å². The topological polar surface area (TPSA) is 53.1 Å². The van der Waals surface area contributed by atoms with Crippen LogP contribution in [0.2, 0.25) is 0 Å². The Hall–Kier alpha value is -0.780. The molecule has 0 heterocycles. The Kier molecular flexibility index (Phi) is 4.90. The van der Waals surface area contributed by atoms with Gasteiger partial charge in [0.2, 0.25) is 0 Å². The molecular weight excluding hydrogens is 195 g/mol. The van der Waals surface area contributed by atoms with Crippen LogP contribution in [0.1, 0.15) is 13.3 Å². The number of nitrogens with one attached hydrogen (secondary N) is 1. The minimum absolute atomic E-state index is 0.00357. The van der Waals surface area contributed by atoms with Crippen molar-refractivity contribution >= 4 is 5.84 Å². The number of nitrogens with two attached hydrogens (primary N) is 1. The highest BCUT2D eigenvalue weighted by Crippen LogP contribution is 2.19. The summed E-state index contributed by atoms with van der Waals surface area (Å²) < 4.78 is 35.5. The quantitative estimate of drug-likeness (QED) is 0.534. The van der Waals surface area contributed by atoms with Gasteiger partial charge in [0.05, 0.1) is 12.3 Å². The molecule has 0 aromatic heterocycles. The molecule has 0 rings (SSSR count). The van der Waals surface area contributed by atoms with Crippen LogP contribution in [0.25, 0.3) is 0 Å². The molecule has 0 saturated carbocycles. The van der Waals surface area contributed by atoms with Gasteiger partial charge in [-0.25, -0.2) is 0 Å². The molecule has 0 bridgehead atoms. The number of alkyl halides is 3. The van der Waals surface area contributed by atoms with Crippen molar-refractivity contribution in [3.8, 4) is 0 Å². The number of halogens is 3. The molecule has 1 unspecified atom stereocenters. The van der Waals surface area contributed by atoms with E-state index in [1.165, 1.54) is 4.90 Å². The fourth-order valence-electron chi connectivity index (χ4n) is 0.975. The predicted molar refractivity (Wildman–Crippen MR) is 49.2 cm³/mol. The lowest BCUT2D eigenvalue weighted by molar-refractivity contribution is -0.137. The zero-order valence-electron chi connectivity index (χ0n) is 8.36. The average molecular weight is 211 g/mol. The smallest absolute Gasteiger partial charge is 0.387 e. The highest BCUT2D eigenvalue weighted by molar-refractivity contribution is 5.79. The molecule has 0 aliphatic heterocycles. The van der Waals surface area contributed by atoms with Crippen molar-refractivity contribution < 1.29 is 13.2 Å². The SMILES string of the molecule is CC(CN(C)CCC(F)(F)F)C(=N)N. The van der Waals surface area contributed by atoms with Gasteiger partial charge in [-0.3, -0.25) is 5.41 Å². The number of nitrogens with zero attached hydrogens (tertiary/aromatic N) is 1. The van der Waals surface area contributed by atoms with Crippen molar-refractivity contribution in [1.29, 1.82) is 5.41 Å². The van der Waals surface area contributed by atoms with Gasteiger partial charge in [-0.1, -0.05) is 6.92 Å². The third-order valence-electron chi connectivity index (χ3n) is 1.89. The van der Waals surface area contributed by atoms with E-state index < -0.39 is 12.6 Å². The molecule has 84 valence electrons. The molecule has 0 fully saturated rings. The van der Waals surface area contributed by atoms with E-state index in [0.29, 0.717) is 6.54 Å². The Morgan fingerprint density at radius 3 is 2.36 bits per heavy atom. The second-order valence-electron chi connectivity index (χ2n) is 3.48. The van der Waals surface area contributed by atoms with Crippen molar-refractivity contribution in [3.63, 3.8) is 0 Å². The zero-order valence-corrected chi connectivity index (χ0v) is 8.36. The first-order valence-electron chi connectivity index (χ1n) is 4.31. The maximum atomic E-state index is 11.8. The van der Waals surface area contributed by atoms with Gasteiger partial charge in [0.25, 0.3) is 0 Å². The maximum Gasteiger partial charge on any atom is 0.390 e. The first-order valence-corrected chi connectivity index (χ1v) is 4.31. The first-order chi connectivity index (χ1) is 6.22. The zero-order chi connectivity index (χ0) is 11.4. The summed E-state index contributed by atoms with van der Waals surface area (Å²) in [5, 5.41) is 7.08. The van der Waals surface area contributed by atoms with Gasteiger partial charge in [-0.05, 0) is 7.05 Å². The fraction of sp³-hybridized carbons (Fsp3) is 0.875. The average Bonchev–Trinajstić information content (AvgIpc) is 1.99. The molecule has 0 aliphatic rings. The number of rotatable bonds is 5. The van der Waals surface area contributed by atoms with E-state index in [1.807, 2.05) is 0 Å². The highest BCUT2D eigenvalue weighted by atomic mass is 19.4. The van der Waals surface area contributed by atoms with E-state index in [1.54, 1.807) is 14.0 Å². The summed E-state index contributed by atoms with van der Waals surface area (Å²) in [6, 6.07) is 0. The summed E-state index contributed by atoms with van der Waals surface area (Å²) in [5.41, 5.74) is 5.20. The maximum absolute atomic E-state index is 11.8. The summed E-state index contributed by atoms with van der Waals surface area (Å²) >= 11 is 0. The molecule has 1 atom stereocenters. The second kappa shape index (κ2) is 5.19. The minimum Gasteiger partial charge on any atom is -0.387 e. The lowest BCUT2D eigenvalue weighted by atomic mass is 10.1. The van der Waals surface area contributed by atoms with Crippen molar-refractivity contribution in [1.82, 2.24) is 4.90 Å². The van der Waals surface area contributed by atoms with Crippen molar-refractivity contribution in [3.05, 3.63) is 0 Å². The van der Waals surface area contributed by atoms with Gasteiger partial charge in [-0.15, -0.1) is 0 Å². The molecule has 0 radical (unpaired) electrons. The first kappa shape index (κ1) is 13.2. The van der Waals surface area contributed by atoms with Gasteiger partial charge in [0.1, 0.15) is 0 Å². The lowest BCUT2D eigenvalue weighted by Gasteiger charge is -2.20. The van der Waals surface area contributed by atoms with Crippen LogP contribution in [0.15, 0.2) is 0 Å². The standard InChI is InChI=1S/C8H16F3N3/c1-6(7(12)13)5-14(2)4-3-8(9,10)11/h6H,3-5H2,1-2H3,(H3,12,13). The van der Waals surface area contributed by atoms with Crippen molar-refractivity contribution in [2.75, 3.05) is 20.1 Å². The third-order valence-corrected chi connectivity index (χ3v) is 1.89. The number of hydrogen-bond donors (Lipinski definition) is 2. The molecule has 0 aromatic rings. The van der Waals surface area contributed by atoms with E-state index in [9.17, 15) is 13.2 Å². The Labute approximate surface area is 81.6 Å². The molecule has 0 spiro atoms. The minimum atomic E-state index is -4.12. The summed E-state index contributed by atoms with van der Waals surface area (Å²) in [7, 11) is 1.59. The summed E-state index contributed by atoms with van der Waals surface area (Å²) in [6.07, 6.45) is -4.94. The van der Waals surface area contributed by atoms with E-state index in [-0.39, 0.29) is 18.3 Å². The van der Waals surface area contributed by atoms with Crippen LogP contribution in [-0.2, 0) is 0 Å². The Bertz CT molecular complexity index is 191. The molecule has 3 N–H and O–H groups in total. The van der Waals surface area contributed by atoms with E-state index >= 15 is 0 Å². The summed E-state index contributed by atoms with van der Waals surface area (Å²) in [4.78, 5) is 1.53. The van der Waals surface area contributed by atoms with E-state index in [0.717, 1.165) is 0 Å². The third kappa shape index (κ3) is 6.71. The van der Waals surface area contributed by atoms with Crippen LogP contribution < -0.4 is 5.73 Å². The predicted octanol–water partition coefficient (Wildman–Crippen LogP) is 1.44. The Balaban J connectivity index is 3.76. The fourth-order valence-corrected chi connectivity index (χ4v) is 0.975. The molecule has 14 heavy (non-hydrogen) atoms. The molecule has 0 aliphatic carbocycles. The molecule has 6 heteroatoms. The monoisotopic (exact) mass is 211 g/mol. The van der Waals surface area contributed by atoms with Gasteiger partial charge >= 0.3 is 6.18 Å². The van der Waals surface area contributed by atoms with Gasteiger partial charge in [-0.2, -0.15) is 13.2 Å². The Morgan fingerprint density at radius 2 is 2.00 bits per heavy atom. The molecule has 0 saturated heterocycles. The van der Waals surface area contributed by atoms with Crippen LogP contribution in [-0.4, -0.2) is 37.0 Å². The number of hydrogen-bond acceptors (Lipinski definition) is 2. The van der Waals surface area contributed by atoms with Crippen LogP contribution in [0.4, 0.5) is 13.2 Å². The van der Waals surface area contributed by atoms with Crippen LogP contribution in [0, 0.1) is 11.3 Å². The summed E-state index contributed by atoms with van der Waals surface area (Å²) in [6.45, 7) is 2.04. The molecular formula is C8H16F3N3. The van der Waals surface area contributed by atoms with E-state index in [2.05, 4.69) is 0 Å². The molecule has 0 aromatic carbocycles. The Morgan fingerprint density at radius 1 is 1.50 bits per heavy atom. The van der Waals surface area contributed by atoms with Crippen LogP contribution in [0.5, 0.6) is 0 Å². The lowest BCUT2D eigenvalue weighted by Crippen LogP contribution is -2.33. The van der Waals surface area contributed by atoms with Gasteiger partial charge in [0.15, 0.2) is 0 Å². The molecule has 3 nitrogen and oxygen atoms in total. The normalized spacial score (nSPS) is 14.4.